The Hall–Kier alpha value is -3.39. The van der Waals surface area contributed by atoms with Gasteiger partial charge in [0.25, 0.3) is 5.56 Å². The maximum absolute atomic E-state index is 12.7. The fraction of sp³-hybridized carbons (Fsp3) is 0.318. The van der Waals surface area contributed by atoms with Crippen molar-refractivity contribution in [1.29, 1.82) is 0 Å². The summed E-state index contributed by atoms with van der Waals surface area (Å²) in [7, 11) is 0. The van der Waals surface area contributed by atoms with Gasteiger partial charge in [-0.2, -0.15) is 4.98 Å². The summed E-state index contributed by atoms with van der Waals surface area (Å²) < 4.78 is 12.7. The van der Waals surface area contributed by atoms with Crippen LogP contribution in [0.5, 0.6) is 0 Å². The van der Waals surface area contributed by atoms with Crippen molar-refractivity contribution in [2.75, 3.05) is 6.61 Å². The molecule has 1 aliphatic carbocycles. The van der Waals surface area contributed by atoms with E-state index in [1.165, 1.54) is 28.6 Å². The normalized spacial score (nSPS) is 20.5. The monoisotopic (exact) mass is 404 g/mol. The lowest BCUT2D eigenvalue weighted by Crippen LogP contribution is -2.27. The number of ether oxygens (including phenoxy) is 1. The molecule has 1 saturated heterocycles. The lowest BCUT2D eigenvalue weighted by Gasteiger charge is -2.10. The fourth-order valence-electron chi connectivity index (χ4n) is 3.82. The van der Waals surface area contributed by atoms with Gasteiger partial charge >= 0.3 is 0 Å². The van der Waals surface area contributed by atoms with Gasteiger partial charge in [-0.1, -0.05) is 35.0 Å². The predicted molar refractivity (Wildman–Crippen MR) is 107 cm³/mol. The molecule has 30 heavy (non-hydrogen) atoms. The number of carbonyl (C=O) groups is 1. The fourth-order valence-corrected chi connectivity index (χ4v) is 3.82. The zero-order chi connectivity index (χ0) is 20.7. The van der Waals surface area contributed by atoms with Crippen LogP contribution in [-0.4, -0.2) is 32.1 Å². The number of hydrogen-bond acceptors (Lipinski definition) is 7. The van der Waals surface area contributed by atoms with Crippen molar-refractivity contribution in [2.45, 2.75) is 38.3 Å². The summed E-state index contributed by atoms with van der Waals surface area (Å²) in [6.45, 7) is 2.71. The summed E-state index contributed by atoms with van der Waals surface area (Å²) in [5.41, 5.74) is 3.06. The van der Waals surface area contributed by atoms with Gasteiger partial charge in [-0.15, -0.1) is 0 Å². The molecule has 0 bridgehead atoms. The van der Waals surface area contributed by atoms with Crippen molar-refractivity contribution in [3.8, 4) is 0 Å². The van der Waals surface area contributed by atoms with Gasteiger partial charge in [-0.05, 0) is 31.1 Å². The highest BCUT2D eigenvalue weighted by Gasteiger charge is 2.31. The third-order valence-corrected chi connectivity index (χ3v) is 5.53. The van der Waals surface area contributed by atoms with Crippen LogP contribution in [0.4, 0.5) is 0 Å². The van der Waals surface area contributed by atoms with Crippen molar-refractivity contribution < 1.29 is 14.1 Å². The topological polar surface area (TPSA) is 100 Å². The Morgan fingerprint density at radius 3 is 2.83 bits per heavy atom. The van der Waals surface area contributed by atoms with Gasteiger partial charge in [-0.25, -0.2) is 4.98 Å². The van der Waals surface area contributed by atoms with E-state index in [2.05, 4.69) is 46.3 Å². The van der Waals surface area contributed by atoms with Crippen LogP contribution in [0.15, 0.2) is 46.0 Å². The largest absolute Gasteiger partial charge is 0.373 e. The van der Waals surface area contributed by atoms with Crippen LogP contribution >= 0.6 is 0 Å². The Bertz CT molecular complexity index is 1190. The molecule has 0 unspecified atom stereocenters. The van der Waals surface area contributed by atoms with Gasteiger partial charge in [0.1, 0.15) is 6.54 Å². The average molecular weight is 404 g/mol. The quantitative estimate of drug-likeness (QED) is 0.658. The number of allylic oxidation sites excluding steroid dienone is 1. The van der Waals surface area contributed by atoms with Crippen LogP contribution in [-0.2, 0) is 22.5 Å². The number of aryl methyl sites for hydroxylation is 1. The lowest BCUT2D eigenvalue weighted by molar-refractivity contribution is -0.114. The second kappa shape index (κ2) is 7.46. The van der Waals surface area contributed by atoms with Gasteiger partial charge in [0, 0.05) is 5.92 Å². The Labute approximate surface area is 172 Å². The van der Waals surface area contributed by atoms with Crippen molar-refractivity contribution in [3.05, 3.63) is 81.1 Å². The molecule has 1 fully saturated rings. The van der Waals surface area contributed by atoms with Crippen molar-refractivity contribution >= 4 is 11.9 Å². The van der Waals surface area contributed by atoms with Crippen LogP contribution < -0.4 is 5.56 Å². The standard InChI is InChI=1S/C22H20N4O4/c1-13-2-4-14(5-3-13)19-8-15(11-29-19)21-24-20(30-25-21)10-26-12-23-18-9-16(27)6-7-17(18)22(26)28/h2-7,12,15,19H,8-11H2,1H3/t15-,19+/m0/s1. The number of fused-ring (bicyclic) bond motifs is 1. The summed E-state index contributed by atoms with van der Waals surface area (Å²) in [5.74, 6) is 0.908. The van der Waals surface area contributed by atoms with Crippen LogP contribution in [0, 0.1) is 6.92 Å². The number of rotatable bonds is 4. The molecule has 0 amide bonds. The van der Waals surface area contributed by atoms with E-state index in [4.69, 9.17) is 9.26 Å². The molecule has 0 spiro atoms. The van der Waals surface area contributed by atoms with Crippen LogP contribution in [0.1, 0.15) is 52.5 Å². The Morgan fingerprint density at radius 1 is 1.17 bits per heavy atom. The molecular formula is C22H20N4O4. The van der Waals surface area contributed by atoms with Gasteiger partial charge in [0.05, 0.1) is 36.7 Å². The molecule has 3 aromatic rings. The smallest absolute Gasteiger partial charge is 0.261 e. The number of ketones is 1. The summed E-state index contributed by atoms with van der Waals surface area (Å²) in [6, 6.07) is 8.32. The zero-order valence-corrected chi connectivity index (χ0v) is 16.4. The molecule has 1 aliphatic heterocycles. The van der Waals surface area contributed by atoms with E-state index in [0.29, 0.717) is 29.6 Å². The summed E-state index contributed by atoms with van der Waals surface area (Å²) in [5, 5.41) is 4.10. The highest BCUT2D eigenvalue weighted by molar-refractivity contribution is 5.97. The average Bonchev–Trinajstić information content (AvgIpc) is 3.40. The van der Waals surface area contributed by atoms with Crippen molar-refractivity contribution in [2.24, 2.45) is 0 Å². The first-order valence-electron chi connectivity index (χ1n) is 9.86. The molecule has 2 aliphatic rings. The summed E-state index contributed by atoms with van der Waals surface area (Å²) in [6.07, 6.45) is 5.29. The van der Waals surface area contributed by atoms with E-state index >= 15 is 0 Å². The van der Waals surface area contributed by atoms with Gasteiger partial charge < -0.3 is 9.26 Å². The van der Waals surface area contributed by atoms with E-state index in [9.17, 15) is 9.59 Å². The summed E-state index contributed by atoms with van der Waals surface area (Å²) in [4.78, 5) is 32.9. The van der Waals surface area contributed by atoms with Gasteiger partial charge in [0.15, 0.2) is 11.6 Å². The maximum Gasteiger partial charge on any atom is 0.261 e. The minimum absolute atomic E-state index is 0.0134. The Kier molecular flexibility index (Phi) is 4.63. The molecule has 152 valence electrons. The van der Waals surface area contributed by atoms with E-state index in [1.807, 2.05) is 0 Å². The van der Waals surface area contributed by atoms with Crippen molar-refractivity contribution in [3.63, 3.8) is 0 Å². The van der Waals surface area contributed by atoms with Crippen LogP contribution in [0.25, 0.3) is 6.08 Å². The predicted octanol–water partition coefficient (Wildman–Crippen LogP) is 2.37. The molecule has 8 nitrogen and oxygen atoms in total. The van der Waals surface area contributed by atoms with Gasteiger partial charge in [-0.3, -0.25) is 14.2 Å². The molecule has 1 aromatic carbocycles. The van der Waals surface area contributed by atoms with E-state index < -0.39 is 0 Å². The zero-order valence-electron chi connectivity index (χ0n) is 16.4. The number of nitrogens with zero attached hydrogens (tertiary/aromatic N) is 4. The number of carbonyl (C=O) groups excluding carboxylic acids is 1. The molecule has 3 heterocycles. The van der Waals surface area contributed by atoms with E-state index in [0.717, 1.165) is 12.0 Å². The minimum Gasteiger partial charge on any atom is -0.373 e. The molecule has 5 rings (SSSR count). The first kappa shape index (κ1) is 18.6. The SMILES string of the molecule is Cc1ccc([C@H]2C[C@H](c3noc(Cn4cnc5c(c4=O)C=CC(=O)C5)n3)CO2)cc1. The second-order valence-corrected chi connectivity index (χ2v) is 7.73. The Balaban J connectivity index is 1.30. The third kappa shape index (κ3) is 3.50. The number of benzene rings is 1. The lowest BCUT2D eigenvalue weighted by atomic mass is 9.99. The maximum atomic E-state index is 12.7. The first-order valence-corrected chi connectivity index (χ1v) is 9.86. The Morgan fingerprint density at radius 2 is 2.00 bits per heavy atom. The third-order valence-electron chi connectivity index (χ3n) is 5.53. The number of hydrogen-bond donors (Lipinski definition) is 0. The van der Waals surface area contributed by atoms with E-state index in [1.54, 1.807) is 0 Å². The molecule has 0 N–H and O–H groups in total. The first-order chi connectivity index (χ1) is 14.6. The molecular weight excluding hydrogens is 384 g/mol. The second-order valence-electron chi connectivity index (χ2n) is 7.73. The molecule has 2 atom stereocenters. The van der Waals surface area contributed by atoms with Crippen molar-refractivity contribution in [1.82, 2.24) is 19.7 Å². The van der Waals surface area contributed by atoms with Gasteiger partial charge in [0.2, 0.25) is 5.89 Å². The molecule has 2 aromatic heterocycles. The summed E-state index contributed by atoms with van der Waals surface area (Å²) >= 11 is 0. The molecule has 0 saturated carbocycles. The van der Waals surface area contributed by atoms with Crippen LogP contribution in [0.3, 0.4) is 0 Å². The number of aromatic nitrogens is 4. The molecule has 0 radical (unpaired) electrons. The molecule has 8 heteroatoms. The highest BCUT2D eigenvalue weighted by Crippen LogP contribution is 2.37. The van der Waals surface area contributed by atoms with Crippen LogP contribution in [0.2, 0.25) is 0 Å². The van der Waals surface area contributed by atoms with E-state index in [-0.39, 0.29) is 36.3 Å². The minimum atomic E-state index is -0.230. The highest BCUT2D eigenvalue weighted by atomic mass is 16.5.